The van der Waals surface area contributed by atoms with Crippen LogP contribution in [-0.4, -0.2) is 4.98 Å². The van der Waals surface area contributed by atoms with E-state index in [-0.39, 0.29) is 5.56 Å². The highest BCUT2D eigenvalue weighted by atomic mass is 16.1. The summed E-state index contributed by atoms with van der Waals surface area (Å²) in [5.41, 5.74) is 0.827. The highest BCUT2D eigenvalue weighted by Crippen LogP contribution is 2.10. The molecule has 0 spiro atoms. The quantitative estimate of drug-likeness (QED) is 0.646. The number of nitrogens with one attached hydrogen (secondary N) is 1. The van der Waals surface area contributed by atoms with Gasteiger partial charge in [0.1, 0.15) is 0 Å². The van der Waals surface area contributed by atoms with Crippen LogP contribution in [0.5, 0.6) is 0 Å². The molecule has 0 bridgehead atoms. The fourth-order valence-corrected chi connectivity index (χ4v) is 1.45. The molecule has 15 heavy (non-hydrogen) atoms. The highest BCUT2D eigenvalue weighted by molar-refractivity contribution is 5.82. The Morgan fingerprint density at radius 2 is 2.20 bits per heavy atom. The number of rotatable bonds is 0. The molecule has 0 aliphatic heterocycles. The average Bonchev–Trinajstić information content (AvgIpc) is 2.27. The van der Waals surface area contributed by atoms with Crippen molar-refractivity contribution in [3.63, 3.8) is 0 Å². The fraction of sp³-hybridized carbons (Fsp3) is 0.154. The lowest BCUT2D eigenvalue weighted by atomic mass is 10.1. The summed E-state index contributed by atoms with van der Waals surface area (Å²) in [4.78, 5) is 14.2. The molecule has 1 aromatic carbocycles. The molecule has 0 atom stereocenters. The van der Waals surface area contributed by atoms with Crippen LogP contribution in [0.25, 0.3) is 10.8 Å². The zero-order valence-electron chi connectivity index (χ0n) is 8.50. The minimum absolute atomic E-state index is 0.0624. The van der Waals surface area contributed by atoms with Crippen molar-refractivity contribution in [2.24, 2.45) is 0 Å². The van der Waals surface area contributed by atoms with Gasteiger partial charge in [-0.15, -0.1) is 0 Å². The summed E-state index contributed by atoms with van der Waals surface area (Å²) < 4.78 is 0. The number of H-pyrrole nitrogens is 1. The van der Waals surface area contributed by atoms with Crippen molar-refractivity contribution in [1.82, 2.24) is 4.98 Å². The first kappa shape index (κ1) is 9.54. The highest BCUT2D eigenvalue weighted by Gasteiger charge is 1.97. The second kappa shape index (κ2) is 4.02. The predicted octanol–water partition coefficient (Wildman–Crippen LogP) is 2.29. The third-order valence-corrected chi connectivity index (χ3v) is 2.18. The summed E-state index contributed by atoms with van der Waals surface area (Å²) in [5.74, 6) is 6.00. The van der Waals surface area contributed by atoms with E-state index < -0.39 is 0 Å². The number of benzene rings is 1. The third-order valence-electron chi connectivity index (χ3n) is 2.18. The van der Waals surface area contributed by atoms with E-state index in [1.165, 1.54) is 0 Å². The largest absolute Gasteiger partial charge is 0.329 e. The Hall–Kier alpha value is -2.01. The minimum atomic E-state index is -0.0624. The van der Waals surface area contributed by atoms with Crippen molar-refractivity contribution in [3.05, 3.63) is 46.4 Å². The molecule has 1 heterocycles. The number of fused-ring (bicyclic) bond motifs is 1. The van der Waals surface area contributed by atoms with Crippen molar-refractivity contribution >= 4 is 10.8 Å². The second-order valence-corrected chi connectivity index (χ2v) is 3.26. The Labute approximate surface area is 88.0 Å². The Morgan fingerprint density at radius 1 is 1.33 bits per heavy atom. The molecule has 2 nitrogen and oxygen atoms in total. The van der Waals surface area contributed by atoms with Gasteiger partial charge in [-0.2, -0.15) is 0 Å². The molecule has 0 aliphatic rings. The smallest absolute Gasteiger partial charge is 0.255 e. The van der Waals surface area contributed by atoms with E-state index in [0.717, 1.165) is 17.4 Å². The first-order valence-corrected chi connectivity index (χ1v) is 4.91. The Morgan fingerprint density at radius 3 is 3.00 bits per heavy atom. The van der Waals surface area contributed by atoms with Gasteiger partial charge in [-0.25, -0.2) is 0 Å². The molecule has 0 aliphatic carbocycles. The molecule has 2 rings (SSSR count). The molecule has 74 valence electrons. The van der Waals surface area contributed by atoms with Crippen LogP contribution in [0.4, 0.5) is 0 Å². The van der Waals surface area contributed by atoms with Crippen LogP contribution >= 0.6 is 0 Å². The number of aromatic nitrogens is 1. The van der Waals surface area contributed by atoms with Gasteiger partial charge in [0.05, 0.1) is 0 Å². The minimum Gasteiger partial charge on any atom is -0.329 e. The summed E-state index contributed by atoms with van der Waals surface area (Å²) in [6, 6.07) is 7.57. The summed E-state index contributed by atoms with van der Waals surface area (Å²) in [6.45, 7) is 2.00. The van der Waals surface area contributed by atoms with Crippen LogP contribution in [-0.2, 0) is 0 Å². The van der Waals surface area contributed by atoms with Gasteiger partial charge in [0.2, 0.25) is 0 Å². The Bertz CT molecular complexity index is 599. The molecule has 1 N–H and O–H groups in total. The van der Waals surface area contributed by atoms with Gasteiger partial charge in [-0.3, -0.25) is 4.79 Å². The molecule has 0 amide bonds. The molecular formula is C13H11NO. The van der Waals surface area contributed by atoms with Crippen LogP contribution in [0.15, 0.2) is 35.3 Å². The van der Waals surface area contributed by atoms with Crippen molar-refractivity contribution in [3.8, 4) is 11.8 Å². The molecule has 2 aromatic rings. The van der Waals surface area contributed by atoms with Crippen LogP contribution in [0, 0.1) is 11.8 Å². The number of hydrogen-bond acceptors (Lipinski definition) is 1. The van der Waals surface area contributed by atoms with Crippen molar-refractivity contribution in [2.45, 2.75) is 13.3 Å². The summed E-state index contributed by atoms with van der Waals surface area (Å²) >= 11 is 0. The van der Waals surface area contributed by atoms with Crippen LogP contribution in [0.1, 0.15) is 18.9 Å². The van der Waals surface area contributed by atoms with Gasteiger partial charge in [-0.05, 0) is 23.6 Å². The van der Waals surface area contributed by atoms with Gasteiger partial charge in [0.25, 0.3) is 5.56 Å². The third kappa shape index (κ3) is 1.92. The molecule has 0 saturated heterocycles. The van der Waals surface area contributed by atoms with Gasteiger partial charge in [0.15, 0.2) is 0 Å². The number of pyridine rings is 1. The molecule has 0 unspecified atom stereocenters. The summed E-state index contributed by atoms with van der Waals surface area (Å²) in [5, 5.41) is 1.64. The predicted molar refractivity (Wildman–Crippen MR) is 61.7 cm³/mol. The van der Waals surface area contributed by atoms with E-state index in [4.69, 9.17) is 0 Å². The fourth-order valence-electron chi connectivity index (χ4n) is 1.45. The zero-order valence-corrected chi connectivity index (χ0v) is 8.50. The Kier molecular flexibility index (Phi) is 2.55. The van der Waals surface area contributed by atoms with Crippen molar-refractivity contribution in [1.29, 1.82) is 0 Å². The van der Waals surface area contributed by atoms with Crippen molar-refractivity contribution in [2.75, 3.05) is 0 Å². The van der Waals surface area contributed by atoms with Crippen LogP contribution < -0.4 is 5.56 Å². The van der Waals surface area contributed by atoms with Crippen LogP contribution in [0.2, 0.25) is 0 Å². The normalized spacial score (nSPS) is 9.67. The monoisotopic (exact) mass is 197 g/mol. The van der Waals surface area contributed by atoms with Crippen molar-refractivity contribution < 1.29 is 0 Å². The van der Waals surface area contributed by atoms with Gasteiger partial charge < -0.3 is 4.98 Å². The maximum atomic E-state index is 11.5. The maximum Gasteiger partial charge on any atom is 0.255 e. The molecule has 1 aromatic heterocycles. The molecule has 0 saturated carbocycles. The van der Waals surface area contributed by atoms with Gasteiger partial charge in [0, 0.05) is 23.6 Å². The number of hydrogen-bond donors (Lipinski definition) is 1. The molecule has 0 radical (unpaired) electrons. The van der Waals surface area contributed by atoms with E-state index in [0.29, 0.717) is 5.39 Å². The van der Waals surface area contributed by atoms with E-state index in [9.17, 15) is 4.79 Å². The SMILES string of the molecule is CCC#Cc1ccc2cc[nH]c(=O)c2c1. The first-order chi connectivity index (χ1) is 7.31. The Balaban J connectivity index is 2.65. The first-order valence-electron chi connectivity index (χ1n) is 4.91. The van der Waals surface area contributed by atoms with E-state index >= 15 is 0 Å². The lowest BCUT2D eigenvalue weighted by Crippen LogP contribution is -2.04. The van der Waals surface area contributed by atoms with E-state index in [1.807, 2.05) is 31.2 Å². The van der Waals surface area contributed by atoms with E-state index in [2.05, 4.69) is 16.8 Å². The van der Waals surface area contributed by atoms with Gasteiger partial charge in [-0.1, -0.05) is 24.8 Å². The zero-order chi connectivity index (χ0) is 10.7. The standard InChI is InChI=1S/C13H11NO/c1-2-3-4-10-5-6-11-7-8-14-13(15)12(11)9-10/h5-9H,2H2,1H3,(H,14,15). The second-order valence-electron chi connectivity index (χ2n) is 3.26. The summed E-state index contributed by atoms with van der Waals surface area (Å²) in [6.07, 6.45) is 2.48. The maximum absolute atomic E-state index is 11.5. The lowest BCUT2D eigenvalue weighted by molar-refractivity contribution is 1.27. The lowest BCUT2D eigenvalue weighted by Gasteiger charge is -1.96. The molecular weight excluding hydrogens is 186 g/mol. The van der Waals surface area contributed by atoms with E-state index in [1.54, 1.807) is 6.20 Å². The van der Waals surface area contributed by atoms with Gasteiger partial charge >= 0.3 is 0 Å². The van der Waals surface area contributed by atoms with Crippen LogP contribution in [0.3, 0.4) is 0 Å². The topological polar surface area (TPSA) is 32.9 Å². The number of aromatic amines is 1. The summed E-state index contributed by atoms with van der Waals surface area (Å²) in [7, 11) is 0. The molecule has 0 fully saturated rings. The molecule has 2 heteroatoms. The average molecular weight is 197 g/mol.